The van der Waals surface area contributed by atoms with Crippen molar-refractivity contribution in [2.45, 2.75) is 32.2 Å². The zero-order valence-electron chi connectivity index (χ0n) is 10.9. The number of hydrogen-bond acceptors (Lipinski definition) is 2. The summed E-state index contributed by atoms with van der Waals surface area (Å²) in [5, 5.41) is 8.96. The van der Waals surface area contributed by atoms with E-state index in [1.165, 1.54) is 6.07 Å². The molecule has 1 aromatic carbocycles. The number of carbonyl (C=O) groups is 1. The molecule has 3 nitrogen and oxygen atoms in total. The summed E-state index contributed by atoms with van der Waals surface area (Å²) in [7, 11) is 0. The zero-order chi connectivity index (χ0) is 13.1. The van der Waals surface area contributed by atoms with Crippen molar-refractivity contribution in [3.05, 3.63) is 35.1 Å². The molecule has 0 heterocycles. The average molecular weight is 288 g/mol. The Balaban J connectivity index is 0.00000180. The Morgan fingerprint density at radius 2 is 2.26 bits per heavy atom. The SMILES string of the molecule is CCCN(CC(=O)O)C1CCc2ccc(F)cc21.Cl. The zero-order valence-corrected chi connectivity index (χ0v) is 11.8. The highest BCUT2D eigenvalue weighted by Gasteiger charge is 2.28. The van der Waals surface area contributed by atoms with E-state index >= 15 is 0 Å². The molecule has 5 heteroatoms. The highest BCUT2D eigenvalue weighted by atomic mass is 35.5. The molecule has 0 spiro atoms. The van der Waals surface area contributed by atoms with Gasteiger partial charge in [-0.2, -0.15) is 0 Å². The number of nitrogens with zero attached hydrogens (tertiary/aromatic N) is 1. The lowest BCUT2D eigenvalue weighted by Gasteiger charge is -2.27. The Kier molecular flexibility index (Phi) is 5.76. The summed E-state index contributed by atoms with van der Waals surface area (Å²) in [6, 6.07) is 4.89. The predicted octanol–water partition coefficient (Wildman–Crippen LogP) is 3.03. The van der Waals surface area contributed by atoms with Crippen molar-refractivity contribution in [3.8, 4) is 0 Å². The van der Waals surface area contributed by atoms with Gasteiger partial charge in [-0.15, -0.1) is 12.4 Å². The first-order valence-corrected chi connectivity index (χ1v) is 6.36. The second-order valence-electron chi connectivity index (χ2n) is 4.76. The Bertz CT molecular complexity index is 453. The van der Waals surface area contributed by atoms with E-state index in [0.29, 0.717) is 0 Å². The fourth-order valence-electron chi connectivity index (χ4n) is 2.74. The number of halogens is 2. The fraction of sp³-hybridized carbons (Fsp3) is 0.500. The van der Waals surface area contributed by atoms with Gasteiger partial charge in [-0.25, -0.2) is 4.39 Å². The van der Waals surface area contributed by atoms with Gasteiger partial charge in [-0.1, -0.05) is 13.0 Å². The van der Waals surface area contributed by atoms with Crippen LogP contribution in [-0.2, 0) is 11.2 Å². The van der Waals surface area contributed by atoms with Crippen molar-refractivity contribution in [2.75, 3.05) is 13.1 Å². The molecule has 0 fully saturated rings. The van der Waals surface area contributed by atoms with Gasteiger partial charge < -0.3 is 5.11 Å². The number of aryl methyl sites for hydroxylation is 1. The molecule has 0 aromatic heterocycles. The van der Waals surface area contributed by atoms with Crippen molar-refractivity contribution in [3.63, 3.8) is 0 Å². The van der Waals surface area contributed by atoms with Crippen LogP contribution in [0.15, 0.2) is 18.2 Å². The minimum absolute atomic E-state index is 0. The van der Waals surface area contributed by atoms with Gasteiger partial charge in [0.25, 0.3) is 0 Å². The number of rotatable bonds is 5. The first-order valence-electron chi connectivity index (χ1n) is 6.36. The number of carboxylic acid groups (broad SMARTS) is 1. The van der Waals surface area contributed by atoms with Crippen LogP contribution in [0.25, 0.3) is 0 Å². The van der Waals surface area contributed by atoms with Crippen molar-refractivity contribution in [1.82, 2.24) is 4.90 Å². The van der Waals surface area contributed by atoms with Gasteiger partial charge in [0, 0.05) is 6.04 Å². The highest BCUT2D eigenvalue weighted by Crippen LogP contribution is 2.36. The van der Waals surface area contributed by atoms with E-state index in [0.717, 1.165) is 36.9 Å². The Hall–Kier alpha value is -1.13. The van der Waals surface area contributed by atoms with Gasteiger partial charge in [0.15, 0.2) is 0 Å². The maximum atomic E-state index is 13.3. The number of fused-ring (bicyclic) bond motifs is 1. The predicted molar refractivity (Wildman–Crippen MR) is 74.2 cm³/mol. The van der Waals surface area contributed by atoms with Crippen LogP contribution in [-0.4, -0.2) is 29.1 Å². The van der Waals surface area contributed by atoms with E-state index < -0.39 is 5.97 Å². The Labute approximate surface area is 118 Å². The van der Waals surface area contributed by atoms with Gasteiger partial charge in [0.1, 0.15) is 5.82 Å². The maximum absolute atomic E-state index is 13.3. The molecule has 0 radical (unpaired) electrons. The molecule has 1 unspecified atom stereocenters. The minimum atomic E-state index is -0.826. The van der Waals surface area contributed by atoms with Gasteiger partial charge in [-0.3, -0.25) is 9.69 Å². The van der Waals surface area contributed by atoms with Gasteiger partial charge >= 0.3 is 5.97 Å². The molecule has 19 heavy (non-hydrogen) atoms. The molecule has 1 aliphatic rings. The quantitative estimate of drug-likeness (QED) is 0.905. The average Bonchev–Trinajstić information content (AvgIpc) is 2.70. The molecule has 106 valence electrons. The number of benzene rings is 1. The summed E-state index contributed by atoms with van der Waals surface area (Å²) in [5.41, 5.74) is 2.11. The normalized spacial score (nSPS) is 17.1. The molecule has 1 N–H and O–H groups in total. The van der Waals surface area contributed by atoms with Gasteiger partial charge in [-0.05, 0) is 49.1 Å². The summed E-state index contributed by atoms with van der Waals surface area (Å²) < 4.78 is 13.3. The maximum Gasteiger partial charge on any atom is 0.317 e. The minimum Gasteiger partial charge on any atom is -0.480 e. The number of carboxylic acids is 1. The molecule has 0 bridgehead atoms. The lowest BCUT2D eigenvalue weighted by Crippen LogP contribution is -2.33. The molecule has 0 saturated heterocycles. The van der Waals surface area contributed by atoms with Crippen molar-refractivity contribution >= 4 is 18.4 Å². The first-order chi connectivity index (χ1) is 8.61. The second-order valence-corrected chi connectivity index (χ2v) is 4.76. The van der Waals surface area contributed by atoms with Crippen molar-refractivity contribution < 1.29 is 14.3 Å². The van der Waals surface area contributed by atoms with Crippen molar-refractivity contribution in [2.24, 2.45) is 0 Å². The molecular weight excluding hydrogens is 269 g/mol. The molecule has 0 aliphatic heterocycles. The van der Waals surface area contributed by atoms with Crippen LogP contribution < -0.4 is 0 Å². The third-order valence-electron chi connectivity index (χ3n) is 3.44. The molecular formula is C14H19ClFNO2. The standard InChI is InChI=1S/C14H18FNO2.ClH/c1-2-7-16(9-14(17)18)13-6-4-10-3-5-11(15)8-12(10)13;/h3,5,8,13H,2,4,6-7,9H2,1H3,(H,17,18);1H. The Morgan fingerprint density at radius 3 is 2.89 bits per heavy atom. The molecule has 1 atom stereocenters. The van der Waals surface area contributed by atoms with Gasteiger partial charge in [0.05, 0.1) is 6.54 Å². The first kappa shape index (κ1) is 15.9. The third-order valence-corrected chi connectivity index (χ3v) is 3.44. The van der Waals surface area contributed by atoms with E-state index in [-0.39, 0.29) is 30.8 Å². The van der Waals surface area contributed by atoms with E-state index in [4.69, 9.17) is 5.11 Å². The van der Waals surface area contributed by atoms with Gasteiger partial charge in [0.2, 0.25) is 0 Å². The molecule has 1 aliphatic carbocycles. The molecule has 2 rings (SSSR count). The largest absolute Gasteiger partial charge is 0.480 e. The highest BCUT2D eigenvalue weighted by molar-refractivity contribution is 5.85. The van der Waals surface area contributed by atoms with Crippen LogP contribution in [0.3, 0.4) is 0 Å². The van der Waals surface area contributed by atoms with E-state index in [2.05, 4.69) is 0 Å². The third kappa shape index (κ3) is 3.67. The summed E-state index contributed by atoms with van der Waals surface area (Å²) in [4.78, 5) is 12.8. The molecule has 0 amide bonds. The Morgan fingerprint density at radius 1 is 1.53 bits per heavy atom. The smallest absolute Gasteiger partial charge is 0.317 e. The van der Waals surface area contributed by atoms with Crippen molar-refractivity contribution in [1.29, 1.82) is 0 Å². The van der Waals surface area contributed by atoms with Crippen LogP contribution in [0.2, 0.25) is 0 Å². The van der Waals surface area contributed by atoms with E-state index in [9.17, 15) is 9.18 Å². The van der Waals surface area contributed by atoms with Crippen LogP contribution in [0.4, 0.5) is 4.39 Å². The summed E-state index contributed by atoms with van der Waals surface area (Å²) in [5.74, 6) is -1.07. The topological polar surface area (TPSA) is 40.5 Å². The lowest BCUT2D eigenvalue weighted by atomic mass is 10.1. The fourth-order valence-corrected chi connectivity index (χ4v) is 2.74. The lowest BCUT2D eigenvalue weighted by molar-refractivity contribution is -0.139. The van der Waals surface area contributed by atoms with Crippen LogP contribution in [0, 0.1) is 5.82 Å². The van der Waals surface area contributed by atoms with Crippen LogP contribution in [0.5, 0.6) is 0 Å². The van der Waals surface area contributed by atoms with Crippen LogP contribution >= 0.6 is 12.4 Å². The molecule has 0 saturated carbocycles. The number of aliphatic carboxylic acids is 1. The monoisotopic (exact) mass is 287 g/mol. The summed E-state index contributed by atoms with van der Waals surface area (Å²) in [6.07, 6.45) is 2.68. The summed E-state index contributed by atoms with van der Waals surface area (Å²) in [6.45, 7) is 2.78. The van der Waals surface area contributed by atoms with Crippen LogP contribution in [0.1, 0.15) is 36.9 Å². The summed E-state index contributed by atoms with van der Waals surface area (Å²) >= 11 is 0. The number of hydrogen-bond donors (Lipinski definition) is 1. The van der Waals surface area contributed by atoms with E-state index in [1.54, 1.807) is 6.07 Å². The molecule has 1 aromatic rings. The van der Waals surface area contributed by atoms with E-state index in [1.807, 2.05) is 17.9 Å². The second kappa shape index (κ2) is 6.87.